The van der Waals surface area contributed by atoms with Gasteiger partial charge in [0.2, 0.25) is 11.8 Å². The van der Waals surface area contributed by atoms with Gasteiger partial charge in [0.1, 0.15) is 17.8 Å². The number of Topliss-reactive ketones (excluding diaryl/α,β-unsaturated/α-hetero) is 1. The number of carbonyl (C=O) groups excluding carboxylic acids is 4. The van der Waals surface area contributed by atoms with Crippen molar-refractivity contribution in [3.63, 3.8) is 0 Å². The maximum atomic E-state index is 13.6. The topological polar surface area (TPSA) is 129 Å². The number of hydrogen-bond acceptors (Lipinski definition) is 6. The van der Waals surface area contributed by atoms with Crippen LogP contribution < -0.4 is 16.0 Å². The smallest absolute Gasteiger partial charge is 0.344 e. The van der Waals surface area contributed by atoms with E-state index >= 15 is 0 Å². The maximum absolute atomic E-state index is 13.6. The molecule has 9 nitrogen and oxygen atoms in total. The van der Waals surface area contributed by atoms with Gasteiger partial charge in [-0.1, -0.05) is 67.9 Å². The lowest BCUT2D eigenvalue weighted by Crippen LogP contribution is -2.58. The van der Waals surface area contributed by atoms with Gasteiger partial charge in [-0.3, -0.25) is 29.2 Å². The fourth-order valence-corrected chi connectivity index (χ4v) is 4.23. The molecule has 230 valence electrons. The van der Waals surface area contributed by atoms with Crippen molar-refractivity contribution >= 4 is 48.0 Å². The summed E-state index contributed by atoms with van der Waals surface area (Å²) in [5.74, 6) is -5.61. The lowest BCUT2D eigenvalue weighted by atomic mass is 9.97. The van der Waals surface area contributed by atoms with Crippen molar-refractivity contribution in [3.8, 4) is 0 Å². The van der Waals surface area contributed by atoms with Crippen molar-refractivity contribution in [1.82, 2.24) is 16.0 Å². The van der Waals surface area contributed by atoms with E-state index in [-0.39, 0.29) is 18.5 Å². The highest BCUT2D eigenvalue weighted by Gasteiger charge is 2.45. The first-order valence-electron chi connectivity index (χ1n) is 13.2. The van der Waals surface area contributed by atoms with Gasteiger partial charge in [0.15, 0.2) is 0 Å². The summed E-state index contributed by atoms with van der Waals surface area (Å²) in [4.78, 5) is 59.5. The molecule has 0 heterocycles. The van der Waals surface area contributed by atoms with Gasteiger partial charge < -0.3 is 16.0 Å². The molecule has 0 saturated heterocycles. The predicted octanol–water partition coefficient (Wildman–Crippen LogP) is 4.00. The summed E-state index contributed by atoms with van der Waals surface area (Å²) in [7, 11) is 0. The van der Waals surface area contributed by atoms with Gasteiger partial charge in [-0.25, -0.2) is 0 Å². The number of alkyl halides is 3. The monoisotopic (exact) mass is 619 g/mol. The standard InChI is InChI=1S/C30H33ClF3N5O4/c1-5-36-24(17-35-4)29(43)38-23(16-20-12-9-13-21(31)14-20)27(41)37-22(15-19-10-7-6-8-11-19)28(42)39-25(18(2)3)26(40)30(32,33)34/h5-14,17-18,22-23,25H,4,15-16H2,1-3H3,(H,37,41)(H,38,43)(H,39,42)/b24-17-,36-5-/t22-,23-,25-/m0/s1. The van der Waals surface area contributed by atoms with Crippen LogP contribution in [-0.4, -0.2) is 60.7 Å². The third-order valence-electron chi connectivity index (χ3n) is 6.11. The third kappa shape index (κ3) is 11.1. The first kappa shape index (κ1) is 34.9. The molecule has 0 saturated carbocycles. The van der Waals surface area contributed by atoms with E-state index in [1.165, 1.54) is 20.1 Å². The van der Waals surface area contributed by atoms with Crippen LogP contribution in [0.3, 0.4) is 0 Å². The number of aliphatic imine (C=N–C) groups is 2. The van der Waals surface area contributed by atoms with Crippen LogP contribution in [0.15, 0.2) is 76.5 Å². The molecule has 0 spiro atoms. The molecule has 0 aliphatic heterocycles. The molecule has 43 heavy (non-hydrogen) atoms. The second kappa shape index (κ2) is 16.4. The molecule has 2 aromatic rings. The minimum atomic E-state index is -5.18. The van der Waals surface area contributed by atoms with E-state index < -0.39 is 53.7 Å². The Morgan fingerprint density at radius 2 is 1.49 bits per heavy atom. The zero-order chi connectivity index (χ0) is 32.2. The molecule has 0 fully saturated rings. The molecule has 0 unspecified atom stereocenters. The second-order valence-corrected chi connectivity index (χ2v) is 10.2. The molecule has 0 aromatic heterocycles. The molecule has 2 rings (SSSR count). The predicted molar refractivity (Wildman–Crippen MR) is 159 cm³/mol. The number of nitrogens with zero attached hydrogens (tertiary/aromatic N) is 2. The van der Waals surface area contributed by atoms with Gasteiger partial charge in [-0.2, -0.15) is 13.2 Å². The second-order valence-electron chi connectivity index (χ2n) is 9.79. The minimum absolute atomic E-state index is 0.0658. The van der Waals surface area contributed by atoms with E-state index in [1.807, 2.05) is 0 Å². The molecular formula is C30H33ClF3N5O4. The van der Waals surface area contributed by atoms with Gasteiger partial charge >= 0.3 is 6.18 Å². The Morgan fingerprint density at radius 1 is 0.907 bits per heavy atom. The first-order valence-corrected chi connectivity index (χ1v) is 13.6. The van der Waals surface area contributed by atoms with Crippen molar-refractivity contribution in [2.24, 2.45) is 15.9 Å². The van der Waals surface area contributed by atoms with E-state index in [2.05, 4.69) is 32.7 Å². The van der Waals surface area contributed by atoms with Crippen molar-refractivity contribution in [1.29, 1.82) is 0 Å². The van der Waals surface area contributed by atoms with E-state index in [9.17, 15) is 32.3 Å². The van der Waals surface area contributed by atoms with Crippen LogP contribution in [0.25, 0.3) is 0 Å². The third-order valence-corrected chi connectivity index (χ3v) is 6.34. The van der Waals surface area contributed by atoms with Crippen molar-refractivity contribution in [2.75, 3.05) is 0 Å². The number of nitrogens with one attached hydrogen (secondary N) is 3. The summed E-state index contributed by atoms with van der Waals surface area (Å²) in [5, 5.41) is 7.65. The van der Waals surface area contributed by atoms with E-state index in [0.29, 0.717) is 16.1 Å². The van der Waals surface area contributed by atoms with Crippen LogP contribution in [0.5, 0.6) is 0 Å². The van der Waals surface area contributed by atoms with Gasteiger partial charge in [-0.15, -0.1) is 0 Å². The quantitative estimate of drug-likeness (QED) is 0.218. The summed E-state index contributed by atoms with van der Waals surface area (Å²) in [6.07, 6.45) is -2.93. The van der Waals surface area contributed by atoms with Crippen molar-refractivity contribution in [2.45, 2.75) is 57.9 Å². The Hall–Kier alpha value is -4.32. The number of rotatable bonds is 14. The van der Waals surface area contributed by atoms with E-state index in [0.717, 1.165) is 6.20 Å². The van der Waals surface area contributed by atoms with Crippen molar-refractivity contribution in [3.05, 3.63) is 82.6 Å². The fourth-order valence-electron chi connectivity index (χ4n) is 4.01. The largest absolute Gasteiger partial charge is 0.452 e. The van der Waals surface area contributed by atoms with E-state index in [1.54, 1.807) is 61.5 Å². The molecule has 0 aliphatic carbocycles. The zero-order valence-electron chi connectivity index (χ0n) is 23.8. The molecule has 2 aromatic carbocycles. The Balaban J connectivity index is 2.44. The maximum Gasteiger partial charge on any atom is 0.452 e. The highest BCUT2D eigenvalue weighted by Crippen LogP contribution is 2.21. The number of benzene rings is 2. The lowest BCUT2D eigenvalue weighted by molar-refractivity contribution is -0.175. The van der Waals surface area contributed by atoms with Crippen LogP contribution in [0, 0.1) is 5.92 Å². The minimum Gasteiger partial charge on any atom is -0.344 e. The molecule has 0 aliphatic rings. The highest BCUT2D eigenvalue weighted by molar-refractivity contribution is 6.30. The Bertz CT molecular complexity index is 1360. The number of halogens is 4. The van der Waals surface area contributed by atoms with Gasteiger partial charge in [0.25, 0.3) is 11.7 Å². The van der Waals surface area contributed by atoms with E-state index in [4.69, 9.17) is 11.6 Å². The number of carbonyl (C=O) groups is 4. The summed E-state index contributed by atoms with van der Waals surface area (Å²) >= 11 is 6.10. The average molecular weight is 620 g/mol. The Labute approximate surface area is 252 Å². The van der Waals surface area contributed by atoms with Crippen LogP contribution in [0.4, 0.5) is 13.2 Å². The summed E-state index contributed by atoms with van der Waals surface area (Å²) in [6, 6.07) is 10.4. The van der Waals surface area contributed by atoms with Gasteiger partial charge in [0, 0.05) is 24.1 Å². The molecule has 13 heteroatoms. The number of amides is 3. The molecule has 0 bridgehead atoms. The zero-order valence-corrected chi connectivity index (χ0v) is 24.6. The van der Waals surface area contributed by atoms with Gasteiger partial charge in [0.05, 0.1) is 12.2 Å². The average Bonchev–Trinajstić information content (AvgIpc) is 2.94. The molecule has 3 atom stereocenters. The van der Waals surface area contributed by atoms with Crippen LogP contribution in [0.1, 0.15) is 31.9 Å². The lowest BCUT2D eigenvalue weighted by Gasteiger charge is -2.27. The Kier molecular flexibility index (Phi) is 13.3. The van der Waals surface area contributed by atoms with Crippen LogP contribution >= 0.6 is 11.6 Å². The van der Waals surface area contributed by atoms with Crippen molar-refractivity contribution < 1.29 is 32.3 Å². The molecule has 0 radical (unpaired) electrons. The van der Waals surface area contributed by atoms with Crippen LogP contribution in [-0.2, 0) is 32.0 Å². The fraction of sp³-hybridized carbons (Fsp3) is 0.333. The molecular weight excluding hydrogens is 587 g/mol. The summed E-state index contributed by atoms with van der Waals surface area (Å²) < 4.78 is 39.8. The summed E-state index contributed by atoms with van der Waals surface area (Å²) in [5.41, 5.74) is 1.01. The Morgan fingerprint density at radius 3 is 2.05 bits per heavy atom. The SMILES string of the molecule is C=N/C=C(\N=C/C)C(=O)N[C@@H](Cc1cccc(Cl)c1)C(=O)N[C@@H](Cc1ccccc1)C(=O)N[C@H](C(=O)C(F)(F)F)C(C)C. The number of hydrogen-bond donors (Lipinski definition) is 3. The number of ketones is 1. The normalized spacial score (nSPS) is 14.1. The molecule has 3 amide bonds. The molecule has 3 N–H and O–H groups in total. The summed E-state index contributed by atoms with van der Waals surface area (Å²) in [6.45, 7) is 7.59. The highest BCUT2D eigenvalue weighted by atomic mass is 35.5. The van der Waals surface area contributed by atoms with Crippen LogP contribution in [0.2, 0.25) is 5.02 Å². The van der Waals surface area contributed by atoms with Gasteiger partial charge in [-0.05, 0) is 42.8 Å². The first-order chi connectivity index (χ1) is 20.3.